The van der Waals surface area contributed by atoms with Crippen molar-refractivity contribution in [3.8, 4) is 0 Å². The number of carbonyl (C=O) groups excluding carboxylic acids is 1. The Morgan fingerprint density at radius 2 is 1.78 bits per heavy atom. The van der Waals surface area contributed by atoms with Crippen LogP contribution in [0.15, 0.2) is 65.8 Å². The predicted molar refractivity (Wildman–Crippen MR) is 110 cm³/mol. The molecule has 0 aliphatic carbocycles. The van der Waals surface area contributed by atoms with Gasteiger partial charge in [0.05, 0.1) is 12.1 Å². The zero-order valence-electron chi connectivity index (χ0n) is 16.3. The third kappa shape index (κ3) is 4.97. The Hall–Kier alpha value is -2.62. The number of amides is 1. The number of nitrogens with one attached hydrogen (secondary N) is 1. The summed E-state index contributed by atoms with van der Waals surface area (Å²) in [5, 5.41) is 9.91. The maximum Gasteiger partial charge on any atom is 0.268 e. The van der Waals surface area contributed by atoms with Crippen molar-refractivity contribution in [3.05, 3.63) is 71.8 Å². The second kappa shape index (κ2) is 9.36. The first-order chi connectivity index (χ1) is 13.2. The minimum Gasteiger partial charge on any atom is -0.344 e. The molecule has 0 radical (unpaired) electrons. The fourth-order valence-electron chi connectivity index (χ4n) is 3.49. The van der Waals surface area contributed by atoms with Gasteiger partial charge in [-0.05, 0) is 24.5 Å². The van der Waals surface area contributed by atoms with Gasteiger partial charge in [-0.1, -0.05) is 80.4 Å². The van der Waals surface area contributed by atoms with Crippen LogP contribution in [0.4, 0.5) is 0 Å². The zero-order chi connectivity index (χ0) is 19.1. The van der Waals surface area contributed by atoms with E-state index in [-0.39, 0.29) is 18.0 Å². The summed E-state index contributed by atoms with van der Waals surface area (Å²) in [7, 11) is 0. The topological polar surface area (TPSA) is 44.7 Å². The second-order valence-electron chi connectivity index (χ2n) is 7.15. The Morgan fingerprint density at radius 3 is 2.44 bits per heavy atom. The van der Waals surface area contributed by atoms with Gasteiger partial charge < -0.3 is 5.32 Å². The average molecular weight is 364 g/mol. The van der Waals surface area contributed by atoms with Crippen molar-refractivity contribution in [1.82, 2.24) is 10.3 Å². The van der Waals surface area contributed by atoms with E-state index in [4.69, 9.17) is 5.10 Å². The van der Waals surface area contributed by atoms with Crippen molar-refractivity contribution >= 4 is 11.6 Å². The third-order valence-electron chi connectivity index (χ3n) is 5.08. The van der Waals surface area contributed by atoms with E-state index in [1.807, 2.05) is 43.3 Å². The summed E-state index contributed by atoms with van der Waals surface area (Å²) in [6, 6.07) is 20.5. The number of benzene rings is 2. The molecule has 1 amide bonds. The van der Waals surface area contributed by atoms with Crippen LogP contribution in [-0.4, -0.2) is 23.2 Å². The number of unbranched alkanes of at least 4 members (excludes halogenated alkanes) is 2. The van der Waals surface area contributed by atoms with Crippen molar-refractivity contribution < 1.29 is 4.79 Å². The number of hydrogen-bond acceptors (Lipinski definition) is 3. The van der Waals surface area contributed by atoms with Gasteiger partial charge in [-0.25, -0.2) is 0 Å². The predicted octanol–water partition coefficient (Wildman–Crippen LogP) is 4.86. The number of hydrogen-bond donors (Lipinski definition) is 1. The fraction of sp³-hybridized carbons (Fsp3) is 0.391. The second-order valence-corrected chi connectivity index (χ2v) is 7.15. The summed E-state index contributed by atoms with van der Waals surface area (Å²) in [6.07, 6.45) is 4.11. The van der Waals surface area contributed by atoms with Crippen molar-refractivity contribution in [2.45, 2.75) is 51.6 Å². The molecule has 2 aromatic carbocycles. The molecule has 1 heterocycles. The van der Waals surface area contributed by atoms with E-state index in [1.165, 1.54) is 18.4 Å². The Kier molecular flexibility index (Phi) is 6.64. The lowest BCUT2D eigenvalue weighted by atomic mass is 10.0. The molecule has 0 spiro atoms. The molecule has 142 valence electrons. The summed E-state index contributed by atoms with van der Waals surface area (Å²) in [5.41, 5.74) is 2.95. The fourth-order valence-corrected chi connectivity index (χ4v) is 3.49. The molecule has 1 aliphatic rings. The van der Waals surface area contributed by atoms with Crippen LogP contribution in [0.2, 0.25) is 0 Å². The van der Waals surface area contributed by atoms with E-state index >= 15 is 0 Å². The molecule has 27 heavy (non-hydrogen) atoms. The molecule has 1 aliphatic heterocycles. The maximum atomic E-state index is 12.8. The molecule has 2 unspecified atom stereocenters. The highest BCUT2D eigenvalue weighted by atomic mass is 16.2. The molecule has 0 bridgehead atoms. The van der Waals surface area contributed by atoms with Gasteiger partial charge in [0.15, 0.2) is 0 Å². The highest BCUT2D eigenvalue weighted by Gasteiger charge is 2.31. The van der Waals surface area contributed by atoms with E-state index in [0.29, 0.717) is 12.1 Å². The highest BCUT2D eigenvalue weighted by molar-refractivity contribution is 6.39. The Bertz CT molecular complexity index is 758. The number of carbonyl (C=O) groups is 1. The van der Waals surface area contributed by atoms with Crippen LogP contribution in [-0.2, 0) is 4.79 Å². The Balaban J connectivity index is 1.70. The molecule has 0 aromatic heterocycles. The molecular formula is C23H29N3O. The van der Waals surface area contributed by atoms with Gasteiger partial charge in [-0.15, -0.1) is 0 Å². The Morgan fingerprint density at radius 1 is 1.11 bits per heavy atom. The minimum absolute atomic E-state index is 0.0364. The molecule has 3 rings (SSSR count). The average Bonchev–Trinajstić information content (AvgIpc) is 3.14. The van der Waals surface area contributed by atoms with Gasteiger partial charge >= 0.3 is 0 Å². The van der Waals surface area contributed by atoms with Crippen LogP contribution < -0.4 is 5.32 Å². The number of nitrogens with zero attached hydrogens (tertiary/aromatic N) is 2. The van der Waals surface area contributed by atoms with Crippen LogP contribution in [0.1, 0.15) is 62.7 Å². The summed E-state index contributed by atoms with van der Waals surface area (Å²) < 4.78 is 0. The minimum atomic E-state index is -0.0646. The monoisotopic (exact) mass is 363 g/mol. The summed E-state index contributed by atoms with van der Waals surface area (Å²) in [5.74, 6) is -0.0646. The van der Waals surface area contributed by atoms with Gasteiger partial charge in [0, 0.05) is 13.0 Å². The van der Waals surface area contributed by atoms with Crippen molar-refractivity contribution in [3.63, 3.8) is 0 Å². The molecular weight excluding hydrogens is 334 g/mol. The van der Waals surface area contributed by atoms with Gasteiger partial charge in [0.25, 0.3) is 5.91 Å². The molecule has 4 nitrogen and oxygen atoms in total. The molecule has 2 atom stereocenters. The first kappa shape index (κ1) is 19.2. The van der Waals surface area contributed by atoms with Gasteiger partial charge in [-0.2, -0.15) is 5.10 Å². The molecule has 0 saturated heterocycles. The summed E-state index contributed by atoms with van der Waals surface area (Å²) in [6.45, 7) is 5.10. The molecule has 0 saturated carbocycles. The molecule has 4 heteroatoms. The lowest BCUT2D eigenvalue weighted by Crippen LogP contribution is -2.32. The Labute approximate surface area is 162 Å². The first-order valence-electron chi connectivity index (χ1n) is 9.94. The molecule has 2 aromatic rings. The third-order valence-corrected chi connectivity index (χ3v) is 5.08. The SMILES string of the molecule is CCCCCN1N=C(C(=O)NC(C)c2ccccc2)CC1c1ccccc1. The van der Waals surface area contributed by atoms with Crippen LogP contribution in [0.25, 0.3) is 0 Å². The highest BCUT2D eigenvalue weighted by Crippen LogP contribution is 2.31. The van der Waals surface area contributed by atoms with Crippen LogP contribution in [0, 0.1) is 0 Å². The maximum absolute atomic E-state index is 12.8. The lowest BCUT2D eigenvalue weighted by Gasteiger charge is -2.23. The van der Waals surface area contributed by atoms with E-state index in [9.17, 15) is 4.79 Å². The van der Waals surface area contributed by atoms with Crippen molar-refractivity contribution in [2.75, 3.05) is 6.54 Å². The van der Waals surface area contributed by atoms with E-state index in [1.54, 1.807) is 0 Å². The van der Waals surface area contributed by atoms with Gasteiger partial charge in [0.2, 0.25) is 0 Å². The standard InChI is InChI=1S/C23H29N3O/c1-3-4-11-16-26-22(20-14-9-6-10-15-20)17-21(25-26)23(27)24-18(2)19-12-7-5-8-13-19/h5-10,12-15,18,22H,3-4,11,16-17H2,1-2H3,(H,24,27). The first-order valence-corrected chi connectivity index (χ1v) is 9.94. The lowest BCUT2D eigenvalue weighted by molar-refractivity contribution is -0.115. The smallest absolute Gasteiger partial charge is 0.268 e. The van der Waals surface area contributed by atoms with Gasteiger partial charge in [-0.3, -0.25) is 9.80 Å². The number of rotatable bonds is 8. The van der Waals surface area contributed by atoms with Gasteiger partial charge in [0.1, 0.15) is 5.71 Å². The van der Waals surface area contributed by atoms with Crippen LogP contribution in [0.3, 0.4) is 0 Å². The molecule has 1 N–H and O–H groups in total. The quantitative estimate of drug-likeness (QED) is 0.681. The van der Waals surface area contributed by atoms with E-state index in [0.717, 1.165) is 18.5 Å². The van der Waals surface area contributed by atoms with Crippen LogP contribution >= 0.6 is 0 Å². The molecule has 0 fully saturated rings. The zero-order valence-corrected chi connectivity index (χ0v) is 16.3. The van der Waals surface area contributed by atoms with E-state index in [2.05, 4.69) is 41.5 Å². The van der Waals surface area contributed by atoms with Crippen molar-refractivity contribution in [1.29, 1.82) is 0 Å². The van der Waals surface area contributed by atoms with Crippen molar-refractivity contribution in [2.24, 2.45) is 5.10 Å². The van der Waals surface area contributed by atoms with E-state index < -0.39 is 0 Å². The largest absolute Gasteiger partial charge is 0.344 e. The van der Waals surface area contributed by atoms with Crippen LogP contribution in [0.5, 0.6) is 0 Å². The number of hydrazone groups is 1. The summed E-state index contributed by atoms with van der Waals surface area (Å²) >= 11 is 0. The normalized spacial score (nSPS) is 17.5. The summed E-state index contributed by atoms with van der Waals surface area (Å²) in [4.78, 5) is 12.8.